The van der Waals surface area contributed by atoms with Crippen LogP contribution in [0.2, 0.25) is 0 Å². The zero-order chi connectivity index (χ0) is 13.0. The SMILES string of the molecule is CC1CCN(Cc2nnc(NC(=O)CN)s2)CC1. The van der Waals surface area contributed by atoms with Gasteiger partial charge >= 0.3 is 0 Å². The van der Waals surface area contributed by atoms with Crippen molar-refractivity contribution in [3.8, 4) is 0 Å². The molecule has 3 N–H and O–H groups in total. The largest absolute Gasteiger partial charge is 0.322 e. The molecule has 0 unspecified atom stereocenters. The van der Waals surface area contributed by atoms with Crippen molar-refractivity contribution in [1.82, 2.24) is 15.1 Å². The molecule has 1 aromatic heterocycles. The summed E-state index contributed by atoms with van der Waals surface area (Å²) in [5.41, 5.74) is 5.23. The van der Waals surface area contributed by atoms with Crippen LogP contribution in [0.4, 0.5) is 5.13 Å². The highest BCUT2D eigenvalue weighted by atomic mass is 32.1. The van der Waals surface area contributed by atoms with E-state index in [9.17, 15) is 4.79 Å². The van der Waals surface area contributed by atoms with Crippen LogP contribution in [-0.4, -0.2) is 40.6 Å². The molecule has 1 aliphatic rings. The second-order valence-corrected chi connectivity index (χ2v) is 5.77. The molecule has 2 heterocycles. The third-order valence-corrected chi connectivity index (χ3v) is 3.96. The maximum Gasteiger partial charge on any atom is 0.239 e. The van der Waals surface area contributed by atoms with Gasteiger partial charge in [-0.3, -0.25) is 15.0 Å². The van der Waals surface area contributed by atoms with Crippen molar-refractivity contribution in [2.24, 2.45) is 11.7 Å². The number of piperidine rings is 1. The summed E-state index contributed by atoms with van der Waals surface area (Å²) in [6, 6.07) is 0. The summed E-state index contributed by atoms with van der Waals surface area (Å²) in [7, 11) is 0. The standard InChI is InChI=1S/C11H19N5OS/c1-8-2-4-16(5-3-8)7-10-14-15-11(18-10)13-9(17)6-12/h8H,2-7,12H2,1H3,(H,13,15,17). The Hall–Kier alpha value is -1.05. The van der Waals surface area contributed by atoms with Gasteiger partial charge in [0.25, 0.3) is 0 Å². The highest BCUT2D eigenvalue weighted by Crippen LogP contribution is 2.21. The van der Waals surface area contributed by atoms with Crippen LogP contribution in [0.15, 0.2) is 0 Å². The van der Waals surface area contributed by atoms with Gasteiger partial charge in [-0.15, -0.1) is 10.2 Å². The predicted octanol–water partition coefficient (Wildman–Crippen LogP) is 0.667. The lowest BCUT2D eigenvalue weighted by Gasteiger charge is -2.29. The predicted molar refractivity (Wildman–Crippen MR) is 71.3 cm³/mol. The van der Waals surface area contributed by atoms with E-state index in [1.54, 1.807) is 0 Å². The van der Waals surface area contributed by atoms with E-state index in [2.05, 4.69) is 27.3 Å². The zero-order valence-electron chi connectivity index (χ0n) is 10.6. The number of hydrogen-bond donors (Lipinski definition) is 2. The normalized spacial score (nSPS) is 17.9. The Labute approximate surface area is 111 Å². The minimum absolute atomic E-state index is 0.0288. The van der Waals surface area contributed by atoms with Crippen molar-refractivity contribution in [2.75, 3.05) is 25.0 Å². The summed E-state index contributed by atoms with van der Waals surface area (Å²) in [6.45, 7) is 5.32. The average molecular weight is 269 g/mol. The lowest BCUT2D eigenvalue weighted by Crippen LogP contribution is -2.32. The molecule has 0 aromatic carbocycles. The molecule has 0 radical (unpaired) electrons. The first-order chi connectivity index (χ1) is 8.67. The molecule has 0 aliphatic carbocycles. The number of carbonyl (C=O) groups excluding carboxylic acids is 1. The molecule has 0 atom stereocenters. The molecule has 6 nitrogen and oxygen atoms in total. The van der Waals surface area contributed by atoms with Crippen LogP contribution >= 0.6 is 11.3 Å². The van der Waals surface area contributed by atoms with Crippen LogP contribution in [0, 0.1) is 5.92 Å². The van der Waals surface area contributed by atoms with Crippen LogP contribution < -0.4 is 11.1 Å². The van der Waals surface area contributed by atoms with E-state index in [4.69, 9.17) is 5.73 Å². The van der Waals surface area contributed by atoms with Crippen LogP contribution in [0.3, 0.4) is 0 Å². The van der Waals surface area contributed by atoms with Gasteiger partial charge in [-0.05, 0) is 31.8 Å². The number of nitrogens with two attached hydrogens (primary N) is 1. The van der Waals surface area contributed by atoms with Crippen molar-refractivity contribution in [1.29, 1.82) is 0 Å². The van der Waals surface area contributed by atoms with E-state index >= 15 is 0 Å². The summed E-state index contributed by atoms with van der Waals surface area (Å²) in [6.07, 6.45) is 2.49. The monoisotopic (exact) mass is 269 g/mol. The Morgan fingerprint density at radius 2 is 2.22 bits per heavy atom. The van der Waals surface area contributed by atoms with Crippen molar-refractivity contribution in [2.45, 2.75) is 26.3 Å². The minimum Gasteiger partial charge on any atom is -0.322 e. The summed E-state index contributed by atoms with van der Waals surface area (Å²) >= 11 is 1.42. The molecule has 1 amide bonds. The summed E-state index contributed by atoms with van der Waals surface area (Å²) in [4.78, 5) is 13.5. The number of nitrogens with one attached hydrogen (secondary N) is 1. The highest BCUT2D eigenvalue weighted by molar-refractivity contribution is 7.15. The summed E-state index contributed by atoms with van der Waals surface area (Å²) in [5.74, 6) is 0.597. The molecular formula is C11H19N5OS. The molecule has 2 rings (SSSR count). The van der Waals surface area contributed by atoms with Gasteiger partial charge < -0.3 is 5.73 Å². The molecule has 1 aliphatic heterocycles. The van der Waals surface area contributed by atoms with E-state index in [1.807, 2.05) is 0 Å². The number of rotatable bonds is 4. The van der Waals surface area contributed by atoms with Gasteiger partial charge in [-0.2, -0.15) is 0 Å². The second-order valence-electron chi connectivity index (χ2n) is 4.71. The van der Waals surface area contributed by atoms with Crippen molar-refractivity contribution < 1.29 is 4.79 Å². The smallest absolute Gasteiger partial charge is 0.239 e. The van der Waals surface area contributed by atoms with E-state index in [1.165, 1.54) is 24.2 Å². The Morgan fingerprint density at radius 1 is 1.50 bits per heavy atom. The molecule has 0 bridgehead atoms. The van der Waals surface area contributed by atoms with Gasteiger partial charge in [0, 0.05) is 0 Å². The summed E-state index contributed by atoms with van der Waals surface area (Å²) in [5, 5.41) is 12.1. The highest BCUT2D eigenvalue weighted by Gasteiger charge is 2.17. The lowest BCUT2D eigenvalue weighted by molar-refractivity contribution is -0.114. The van der Waals surface area contributed by atoms with Gasteiger partial charge in [0.05, 0.1) is 13.1 Å². The van der Waals surface area contributed by atoms with Gasteiger partial charge in [0.2, 0.25) is 11.0 Å². The molecule has 1 aromatic rings. The first kappa shape index (κ1) is 13.4. The number of aromatic nitrogens is 2. The fraction of sp³-hybridized carbons (Fsp3) is 0.727. The molecule has 0 saturated carbocycles. The molecular weight excluding hydrogens is 250 g/mol. The second kappa shape index (κ2) is 6.21. The molecule has 0 spiro atoms. The van der Waals surface area contributed by atoms with E-state index in [0.717, 1.165) is 30.6 Å². The number of carbonyl (C=O) groups is 1. The van der Waals surface area contributed by atoms with Crippen molar-refractivity contribution in [3.63, 3.8) is 0 Å². The maximum absolute atomic E-state index is 11.1. The van der Waals surface area contributed by atoms with Crippen LogP contribution in [-0.2, 0) is 11.3 Å². The van der Waals surface area contributed by atoms with E-state index in [-0.39, 0.29) is 12.5 Å². The van der Waals surface area contributed by atoms with Gasteiger partial charge in [-0.1, -0.05) is 18.3 Å². The lowest BCUT2D eigenvalue weighted by atomic mass is 9.99. The minimum atomic E-state index is -0.232. The number of amides is 1. The Bertz CT molecular complexity index is 400. The molecule has 100 valence electrons. The Balaban J connectivity index is 1.84. The number of nitrogens with zero attached hydrogens (tertiary/aromatic N) is 3. The number of likely N-dealkylation sites (tertiary alicyclic amines) is 1. The zero-order valence-corrected chi connectivity index (χ0v) is 11.4. The Morgan fingerprint density at radius 3 is 2.89 bits per heavy atom. The molecule has 7 heteroatoms. The fourth-order valence-corrected chi connectivity index (χ4v) is 2.75. The Kier molecular flexibility index (Phi) is 4.62. The van der Waals surface area contributed by atoms with E-state index in [0.29, 0.717) is 5.13 Å². The quantitative estimate of drug-likeness (QED) is 0.839. The number of anilines is 1. The van der Waals surface area contributed by atoms with Crippen LogP contribution in [0.5, 0.6) is 0 Å². The molecule has 1 fully saturated rings. The van der Waals surface area contributed by atoms with E-state index < -0.39 is 0 Å². The average Bonchev–Trinajstić information content (AvgIpc) is 2.79. The van der Waals surface area contributed by atoms with Crippen molar-refractivity contribution >= 4 is 22.4 Å². The van der Waals surface area contributed by atoms with Gasteiger partial charge in [0.1, 0.15) is 5.01 Å². The van der Waals surface area contributed by atoms with Gasteiger partial charge in [0.15, 0.2) is 0 Å². The van der Waals surface area contributed by atoms with Crippen molar-refractivity contribution in [3.05, 3.63) is 5.01 Å². The van der Waals surface area contributed by atoms with Crippen LogP contribution in [0.1, 0.15) is 24.8 Å². The fourth-order valence-electron chi connectivity index (χ4n) is 1.95. The topological polar surface area (TPSA) is 84.1 Å². The first-order valence-electron chi connectivity index (χ1n) is 6.22. The van der Waals surface area contributed by atoms with Gasteiger partial charge in [-0.25, -0.2) is 0 Å². The third kappa shape index (κ3) is 3.72. The summed E-state index contributed by atoms with van der Waals surface area (Å²) < 4.78 is 0. The maximum atomic E-state index is 11.1. The first-order valence-corrected chi connectivity index (χ1v) is 7.03. The van der Waals surface area contributed by atoms with Crippen LogP contribution in [0.25, 0.3) is 0 Å². The molecule has 1 saturated heterocycles. The number of hydrogen-bond acceptors (Lipinski definition) is 6. The molecule has 18 heavy (non-hydrogen) atoms. The third-order valence-electron chi connectivity index (χ3n) is 3.13.